The highest BCUT2D eigenvalue weighted by atomic mass is 16.5. The molecule has 168 valence electrons. The molecular formula is C23H28N6O3. The van der Waals surface area contributed by atoms with E-state index in [1.54, 1.807) is 12.1 Å². The van der Waals surface area contributed by atoms with Crippen LogP contribution in [0.25, 0.3) is 0 Å². The van der Waals surface area contributed by atoms with E-state index in [-0.39, 0.29) is 18.1 Å². The van der Waals surface area contributed by atoms with Gasteiger partial charge in [-0.15, -0.1) is 5.10 Å². The van der Waals surface area contributed by atoms with Crippen molar-refractivity contribution in [2.45, 2.75) is 38.5 Å². The lowest BCUT2D eigenvalue weighted by Gasteiger charge is -2.38. The number of furan rings is 1. The zero-order chi connectivity index (χ0) is 21.9. The highest BCUT2D eigenvalue weighted by Gasteiger charge is 2.33. The van der Waals surface area contributed by atoms with Crippen LogP contribution in [0.15, 0.2) is 47.1 Å². The largest absolute Gasteiger partial charge is 0.459 e. The van der Waals surface area contributed by atoms with Gasteiger partial charge in [0.1, 0.15) is 0 Å². The Balaban J connectivity index is 1.38. The van der Waals surface area contributed by atoms with Gasteiger partial charge in [-0.3, -0.25) is 9.69 Å². The summed E-state index contributed by atoms with van der Waals surface area (Å²) in [6, 6.07) is 11.9. The number of carbonyl (C=O) groups excluding carboxylic acids is 1. The molecule has 5 rings (SSSR count). The van der Waals surface area contributed by atoms with Gasteiger partial charge in [-0.2, -0.15) is 0 Å². The minimum Gasteiger partial charge on any atom is -0.459 e. The molecule has 0 aliphatic carbocycles. The molecule has 0 unspecified atom stereocenters. The van der Waals surface area contributed by atoms with Crippen molar-refractivity contribution < 1.29 is 13.9 Å². The van der Waals surface area contributed by atoms with E-state index in [1.807, 2.05) is 9.58 Å². The van der Waals surface area contributed by atoms with Crippen LogP contribution in [0.5, 0.6) is 0 Å². The number of carbonyl (C=O) groups is 1. The summed E-state index contributed by atoms with van der Waals surface area (Å²) in [5.74, 6) is 1.13. The number of hydrogen-bond acceptors (Lipinski definition) is 7. The van der Waals surface area contributed by atoms with Crippen molar-refractivity contribution in [3.63, 3.8) is 0 Å². The first-order valence-electron chi connectivity index (χ1n) is 11.2. The molecule has 3 aromatic rings. The molecular weight excluding hydrogens is 408 g/mol. The topological polar surface area (TPSA) is 89.5 Å². The van der Waals surface area contributed by atoms with Gasteiger partial charge in [0.05, 0.1) is 25.0 Å². The van der Waals surface area contributed by atoms with Crippen LogP contribution < -0.4 is 0 Å². The zero-order valence-electron chi connectivity index (χ0n) is 18.3. The summed E-state index contributed by atoms with van der Waals surface area (Å²) < 4.78 is 13.0. The van der Waals surface area contributed by atoms with Crippen molar-refractivity contribution in [1.82, 2.24) is 30.0 Å². The Kier molecular flexibility index (Phi) is 6.00. The summed E-state index contributed by atoms with van der Waals surface area (Å²) in [5.41, 5.74) is 2.35. The average Bonchev–Trinajstić information content (AvgIpc) is 3.60. The van der Waals surface area contributed by atoms with Crippen molar-refractivity contribution in [2.24, 2.45) is 0 Å². The minimum absolute atomic E-state index is 0.0650. The predicted octanol–water partition coefficient (Wildman–Crippen LogP) is 2.30. The molecule has 0 spiro atoms. The Morgan fingerprint density at radius 2 is 1.97 bits per heavy atom. The van der Waals surface area contributed by atoms with E-state index in [9.17, 15) is 4.79 Å². The second kappa shape index (κ2) is 9.22. The van der Waals surface area contributed by atoms with E-state index in [4.69, 9.17) is 9.15 Å². The first kappa shape index (κ1) is 20.8. The summed E-state index contributed by atoms with van der Waals surface area (Å²) in [6.45, 7) is 6.22. The first-order chi connectivity index (χ1) is 15.7. The van der Waals surface area contributed by atoms with E-state index in [0.29, 0.717) is 25.4 Å². The fourth-order valence-corrected chi connectivity index (χ4v) is 4.53. The van der Waals surface area contributed by atoms with Gasteiger partial charge in [0.2, 0.25) is 0 Å². The Morgan fingerprint density at radius 1 is 1.16 bits per heavy atom. The van der Waals surface area contributed by atoms with Crippen LogP contribution in [0.1, 0.15) is 46.4 Å². The standard InChI is InChI=1S/C23H28N6O3/c1-17-6-8-18(9-7-17)21(22-24-25-26-29(22)16-19-4-2-14-31-19)27-10-12-28(13-11-27)23(30)20-5-3-15-32-20/h3,5-9,15,19,21H,2,4,10-14,16H2,1H3/t19-,21-/m1/s1. The number of tetrazole rings is 1. The van der Waals surface area contributed by atoms with Crippen LogP contribution in [0, 0.1) is 6.92 Å². The smallest absolute Gasteiger partial charge is 0.289 e. The molecule has 0 bridgehead atoms. The van der Waals surface area contributed by atoms with Gasteiger partial charge in [-0.05, 0) is 47.9 Å². The number of aryl methyl sites for hydroxylation is 1. The van der Waals surface area contributed by atoms with E-state index >= 15 is 0 Å². The lowest BCUT2D eigenvalue weighted by molar-refractivity contribution is 0.0551. The third-order valence-electron chi connectivity index (χ3n) is 6.30. The minimum atomic E-state index is -0.0899. The summed E-state index contributed by atoms with van der Waals surface area (Å²) in [4.78, 5) is 16.9. The molecule has 9 heteroatoms. The summed E-state index contributed by atoms with van der Waals surface area (Å²) in [6.07, 6.45) is 3.79. The van der Waals surface area contributed by atoms with Gasteiger partial charge in [0.25, 0.3) is 5.91 Å². The number of nitrogens with zero attached hydrogens (tertiary/aromatic N) is 6. The zero-order valence-corrected chi connectivity index (χ0v) is 18.3. The maximum Gasteiger partial charge on any atom is 0.289 e. The molecule has 2 aliphatic heterocycles. The molecule has 2 saturated heterocycles. The van der Waals surface area contributed by atoms with Crippen molar-refractivity contribution in [3.8, 4) is 0 Å². The molecule has 32 heavy (non-hydrogen) atoms. The van der Waals surface area contributed by atoms with E-state index in [0.717, 1.165) is 43.9 Å². The van der Waals surface area contributed by atoms with Crippen molar-refractivity contribution in [2.75, 3.05) is 32.8 Å². The van der Waals surface area contributed by atoms with Gasteiger partial charge < -0.3 is 14.1 Å². The van der Waals surface area contributed by atoms with Crippen LogP contribution in [0.4, 0.5) is 0 Å². The molecule has 1 amide bonds. The van der Waals surface area contributed by atoms with Crippen LogP contribution in [0.3, 0.4) is 0 Å². The first-order valence-corrected chi connectivity index (χ1v) is 11.2. The third kappa shape index (κ3) is 4.31. The maximum absolute atomic E-state index is 12.7. The number of hydrogen-bond donors (Lipinski definition) is 0. The number of benzene rings is 1. The number of amides is 1. The number of ether oxygens (including phenoxy) is 1. The second-order valence-corrected chi connectivity index (χ2v) is 8.47. The van der Waals surface area contributed by atoms with E-state index in [2.05, 4.69) is 51.6 Å². The molecule has 9 nitrogen and oxygen atoms in total. The normalized spacial score (nSPS) is 20.5. The molecule has 2 fully saturated rings. The van der Waals surface area contributed by atoms with Crippen molar-refractivity contribution in [3.05, 3.63) is 65.4 Å². The van der Waals surface area contributed by atoms with Crippen molar-refractivity contribution in [1.29, 1.82) is 0 Å². The highest BCUT2D eigenvalue weighted by molar-refractivity contribution is 5.91. The monoisotopic (exact) mass is 436 g/mol. The van der Waals surface area contributed by atoms with E-state index in [1.165, 1.54) is 11.8 Å². The molecule has 2 aliphatic rings. The SMILES string of the molecule is Cc1ccc([C@H](c2nnnn2C[C@H]2CCCO2)N2CCN(C(=O)c3ccco3)CC2)cc1. The molecule has 2 atom stereocenters. The number of aromatic nitrogens is 4. The molecule has 0 N–H and O–H groups in total. The fourth-order valence-electron chi connectivity index (χ4n) is 4.53. The van der Waals surface area contributed by atoms with Crippen molar-refractivity contribution >= 4 is 5.91 Å². The van der Waals surface area contributed by atoms with Gasteiger partial charge in [-0.25, -0.2) is 4.68 Å². The summed E-state index contributed by atoms with van der Waals surface area (Å²) in [7, 11) is 0. The second-order valence-electron chi connectivity index (χ2n) is 8.47. The molecule has 2 aromatic heterocycles. The van der Waals surface area contributed by atoms with Gasteiger partial charge in [0.15, 0.2) is 11.6 Å². The molecule has 1 aromatic carbocycles. The predicted molar refractivity (Wildman–Crippen MR) is 116 cm³/mol. The summed E-state index contributed by atoms with van der Waals surface area (Å²) in [5, 5.41) is 12.7. The number of rotatable bonds is 6. The van der Waals surface area contributed by atoms with Crippen LogP contribution in [-0.2, 0) is 11.3 Å². The lowest BCUT2D eigenvalue weighted by atomic mass is 10.0. The molecule has 0 radical (unpaired) electrons. The van der Waals surface area contributed by atoms with Gasteiger partial charge in [0, 0.05) is 32.8 Å². The Hall–Kier alpha value is -3.04. The quantitative estimate of drug-likeness (QED) is 0.586. The van der Waals surface area contributed by atoms with E-state index < -0.39 is 0 Å². The molecule has 0 saturated carbocycles. The fraction of sp³-hybridized carbons (Fsp3) is 0.478. The van der Waals surface area contributed by atoms with Crippen LogP contribution in [0.2, 0.25) is 0 Å². The number of piperazine rings is 1. The Labute approximate surface area is 186 Å². The maximum atomic E-state index is 12.7. The summed E-state index contributed by atoms with van der Waals surface area (Å²) >= 11 is 0. The Morgan fingerprint density at radius 3 is 2.66 bits per heavy atom. The highest BCUT2D eigenvalue weighted by Crippen LogP contribution is 2.29. The third-order valence-corrected chi connectivity index (χ3v) is 6.30. The van der Waals surface area contributed by atoms with Crippen LogP contribution >= 0.6 is 0 Å². The Bertz CT molecular complexity index is 1020. The lowest BCUT2D eigenvalue weighted by Crippen LogP contribution is -2.50. The van der Waals surface area contributed by atoms with Gasteiger partial charge >= 0.3 is 0 Å². The van der Waals surface area contributed by atoms with Crippen LogP contribution in [-0.4, -0.2) is 74.8 Å². The molecule has 4 heterocycles. The van der Waals surface area contributed by atoms with Gasteiger partial charge in [-0.1, -0.05) is 29.8 Å². The average molecular weight is 437 g/mol.